The summed E-state index contributed by atoms with van der Waals surface area (Å²) in [5.41, 5.74) is 0. The van der Waals surface area contributed by atoms with Crippen molar-refractivity contribution in [3.05, 3.63) is 0 Å². The Hall–Kier alpha value is -1.15. The van der Waals surface area contributed by atoms with Crippen LogP contribution in [-0.4, -0.2) is 40.3 Å². The quantitative estimate of drug-likeness (QED) is 0.556. The molecule has 1 fully saturated rings. The molecule has 1 saturated heterocycles. The zero-order valence-corrected chi connectivity index (χ0v) is 7.19. The van der Waals surface area contributed by atoms with Crippen molar-refractivity contribution in [3.8, 4) is 0 Å². The maximum Gasteiger partial charge on any atom is 0.362 e. The summed E-state index contributed by atoms with van der Waals surface area (Å²) >= 11 is 0. The van der Waals surface area contributed by atoms with Crippen LogP contribution in [0.3, 0.4) is 0 Å². The summed E-state index contributed by atoms with van der Waals surface area (Å²) in [6.45, 7) is 0. The summed E-state index contributed by atoms with van der Waals surface area (Å²) in [6, 6.07) is -1.47. The third kappa shape index (κ3) is 1.78. The molecular formula is C5H7NO6S. The van der Waals surface area contributed by atoms with E-state index in [1.54, 1.807) is 0 Å². The van der Waals surface area contributed by atoms with E-state index in [2.05, 4.69) is 0 Å². The fourth-order valence-corrected chi connectivity index (χ4v) is 2.04. The number of carbonyl (C=O) groups excluding carboxylic acids is 1. The van der Waals surface area contributed by atoms with Gasteiger partial charge in [0.15, 0.2) is 0 Å². The second-order valence-corrected chi connectivity index (χ2v) is 3.85. The van der Waals surface area contributed by atoms with Crippen molar-refractivity contribution in [3.63, 3.8) is 0 Å². The van der Waals surface area contributed by atoms with Crippen molar-refractivity contribution < 1.29 is 27.7 Å². The Morgan fingerprint density at radius 2 is 2.08 bits per heavy atom. The number of aliphatic carboxylic acids is 1. The molecule has 0 spiro atoms. The third-order valence-corrected chi connectivity index (χ3v) is 2.65. The van der Waals surface area contributed by atoms with Crippen LogP contribution in [0.5, 0.6) is 0 Å². The summed E-state index contributed by atoms with van der Waals surface area (Å²) in [6.07, 6.45) is -0.287. The van der Waals surface area contributed by atoms with E-state index < -0.39 is 28.2 Å². The Balaban J connectivity index is 3.04. The normalized spacial score (nSPS) is 23.6. The van der Waals surface area contributed by atoms with Crippen LogP contribution in [0.4, 0.5) is 0 Å². The van der Waals surface area contributed by atoms with E-state index in [4.69, 9.17) is 9.66 Å². The maximum absolute atomic E-state index is 10.9. The monoisotopic (exact) mass is 209 g/mol. The van der Waals surface area contributed by atoms with Crippen LogP contribution < -0.4 is 0 Å². The smallest absolute Gasteiger partial charge is 0.362 e. The fraction of sp³-hybridized carbons (Fsp3) is 0.600. The second kappa shape index (κ2) is 2.96. The highest BCUT2D eigenvalue weighted by molar-refractivity contribution is 7.84. The first-order valence-electron chi connectivity index (χ1n) is 3.36. The topological polar surface area (TPSA) is 112 Å². The van der Waals surface area contributed by atoms with Crippen molar-refractivity contribution in [2.24, 2.45) is 0 Å². The SMILES string of the molecule is O=C(O)[C@@H]1CCC(=O)N1S(=O)(=O)O. The first-order valence-corrected chi connectivity index (χ1v) is 4.76. The van der Waals surface area contributed by atoms with E-state index in [0.717, 1.165) is 0 Å². The molecule has 0 aromatic carbocycles. The molecule has 0 aromatic rings. The predicted molar refractivity (Wildman–Crippen MR) is 39.1 cm³/mol. The lowest BCUT2D eigenvalue weighted by molar-refractivity contribution is -0.143. The van der Waals surface area contributed by atoms with Gasteiger partial charge >= 0.3 is 16.3 Å². The first-order chi connectivity index (χ1) is 5.84. The zero-order valence-electron chi connectivity index (χ0n) is 6.37. The molecule has 1 rings (SSSR count). The van der Waals surface area contributed by atoms with Gasteiger partial charge in [0, 0.05) is 6.42 Å². The van der Waals surface area contributed by atoms with E-state index in [1.807, 2.05) is 0 Å². The average molecular weight is 209 g/mol. The van der Waals surface area contributed by atoms with Crippen LogP contribution in [0.15, 0.2) is 0 Å². The molecule has 2 N–H and O–H groups in total. The Bertz CT molecular complexity index is 346. The highest BCUT2D eigenvalue weighted by Crippen LogP contribution is 2.21. The largest absolute Gasteiger partial charge is 0.480 e. The van der Waals surface area contributed by atoms with Gasteiger partial charge in [0.1, 0.15) is 6.04 Å². The molecule has 0 aromatic heterocycles. The summed E-state index contributed by atoms with van der Waals surface area (Å²) < 4.78 is 29.6. The lowest BCUT2D eigenvalue weighted by Gasteiger charge is -2.16. The standard InChI is InChI=1S/C5H7NO6S/c7-4-2-1-3(5(8)9)6(4)13(10,11)12/h3H,1-2H2,(H,8,9)(H,10,11,12)/t3-/m0/s1. The van der Waals surface area contributed by atoms with Gasteiger partial charge < -0.3 is 5.11 Å². The Kier molecular flexibility index (Phi) is 2.26. The van der Waals surface area contributed by atoms with Crippen molar-refractivity contribution in [1.82, 2.24) is 4.31 Å². The van der Waals surface area contributed by atoms with E-state index in [1.165, 1.54) is 0 Å². The molecule has 7 nitrogen and oxygen atoms in total. The minimum Gasteiger partial charge on any atom is -0.480 e. The molecule has 8 heteroatoms. The van der Waals surface area contributed by atoms with Crippen molar-refractivity contribution >= 4 is 22.2 Å². The van der Waals surface area contributed by atoms with Crippen molar-refractivity contribution in [1.29, 1.82) is 0 Å². The number of amides is 1. The highest BCUT2D eigenvalue weighted by atomic mass is 32.2. The number of nitrogens with zero attached hydrogens (tertiary/aromatic N) is 1. The predicted octanol–water partition coefficient (Wildman–Crippen LogP) is -1.14. The van der Waals surface area contributed by atoms with E-state index >= 15 is 0 Å². The number of carboxylic acids is 1. The van der Waals surface area contributed by atoms with Gasteiger partial charge in [-0.1, -0.05) is 0 Å². The molecule has 1 aliphatic rings. The average Bonchev–Trinajstić information content (AvgIpc) is 2.28. The molecule has 0 saturated carbocycles. The van der Waals surface area contributed by atoms with E-state index in [0.29, 0.717) is 0 Å². The van der Waals surface area contributed by atoms with E-state index in [-0.39, 0.29) is 17.1 Å². The molecule has 1 amide bonds. The molecule has 1 aliphatic heterocycles. The van der Waals surface area contributed by atoms with Crippen LogP contribution in [0, 0.1) is 0 Å². The van der Waals surface area contributed by atoms with Crippen LogP contribution in [0.2, 0.25) is 0 Å². The Morgan fingerprint density at radius 3 is 2.38 bits per heavy atom. The Morgan fingerprint density at radius 1 is 1.54 bits per heavy atom. The van der Waals surface area contributed by atoms with E-state index in [9.17, 15) is 18.0 Å². The summed E-state index contributed by atoms with van der Waals surface area (Å²) in [7, 11) is -4.74. The second-order valence-electron chi connectivity index (χ2n) is 2.56. The van der Waals surface area contributed by atoms with Gasteiger partial charge in [0.2, 0.25) is 5.91 Å². The molecular weight excluding hydrogens is 202 g/mol. The number of carbonyl (C=O) groups is 2. The molecule has 0 aliphatic carbocycles. The Labute approximate surface area is 73.8 Å². The lowest BCUT2D eigenvalue weighted by atomic mass is 10.2. The molecule has 0 bridgehead atoms. The van der Waals surface area contributed by atoms with Crippen molar-refractivity contribution in [2.45, 2.75) is 18.9 Å². The summed E-state index contributed by atoms with van der Waals surface area (Å²) in [4.78, 5) is 21.3. The van der Waals surface area contributed by atoms with Gasteiger partial charge in [0.25, 0.3) is 0 Å². The third-order valence-electron chi connectivity index (χ3n) is 1.69. The van der Waals surface area contributed by atoms with Gasteiger partial charge in [-0.25, -0.2) is 9.10 Å². The van der Waals surface area contributed by atoms with Crippen LogP contribution in [0.1, 0.15) is 12.8 Å². The van der Waals surface area contributed by atoms with Gasteiger partial charge in [-0.15, -0.1) is 0 Å². The van der Waals surface area contributed by atoms with Crippen LogP contribution >= 0.6 is 0 Å². The first kappa shape index (κ1) is 9.93. The van der Waals surface area contributed by atoms with Gasteiger partial charge in [-0.05, 0) is 6.42 Å². The highest BCUT2D eigenvalue weighted by Gasteiger charge is 2.42. The number of hydrogen-bond donors (Lipinski definition) is 2. The molecule has 13 heavy (non-hydrogen) atoms. The molecule has 0 radical (unpaired) electrons. The lowest BCUT2D eigenvalue weighted by Crippen LogP contribution is -2.42. The minimum atomic E-state index is -4.74. The van der Waals surface area contributed by atoms with Gasteiger partial charge in [-0.3, -0.25) is 9.35 Å². The van der Waals surface area contributed by atoms with Crippen LogP contribution in [0.25, 0.3) is 0 Å². The number of carboxylic acid groups (broad SMARTS) is 1. The molecule has 0 unspecified atom stereocenters. The van der Waals surface area contributed by atoms with Crippen molar-refractivity contribution in [2.75, 3.05) is 0 Å². The summed E-state index contributed by atoms with van der Waals surface area (Å²) in [5, 5.41) is 8.50. The molecule has 1 heterocycles. The number of hydrogen-bond acceptors (Lipinski definition) is 4. The molecule has 1 atom stereocenters. The van der Waals surface area contributed by atoms with Gasteiger partial charge in [0.05, 0.1) is 0 Å². The minimum absolute atomic E-state index is 0.00463. The number of rotatable bonds is 2. The molecule has 74 valence electrons. The maximum atomic E-state index is 10.9. The zero-order chi connectivity index (χ0) is 10.2. The fourth-order valence-electron chi connectivity index (χ4n) is 1.17. The summed E-state index contributed by atoms with van der Waals surface area (Å²) in [5.74, 6) is -2.33. The van der Waals surface area contributed by atoms with Gasteiger partial charge in [-0.2, -0.15) is 8.42 Å². The van der Waals surface area contributed by atoms with Crippen LogP contribution in [-0.2, 0) is 19.9 Å².